The molecule has 21 heavy (non-hydrogen) atoms. The van der Waals surface area contributed by atoms with Crippen LogP contribution in [0.3, 0.4) is 0 Å². The molecule has 0 aliphatic carbocycles. The molecule has 0 heterocycles. The van der Waals surface area contributed by atoms with E-state index in [1.54, 1.807) is 36.4 Å². The van der Waals surface area contributed by atoms with Gasteiger partial charge in [-0.05, 0) is 24.3 Å². The van der Waals surface area contributed by atoms with Crippen molar-refractivity contribution < 1.29 is 19.4 Å². The van der Waals surface area contributed by atoms with Gasteiger partial charge in [0.2, 0.25) is 0 Å². The average Bonchev–Trinajstić information content (AvgIpc) is 2.53. The minimum atomic E-state index is -0.386. The standard InChI is InChI=1S/C16H17NO4/c1-20-14-8-4-6-12(15(14)18)10-17-13-7-3-5-11(9-13)16(19)21-2/h3-9,17-18H,10H2,1-2H3. The highest BCUT2D eigenvalue weighted by atomic mass is 16.5. The summed E-state index contributed by atoms with van der Waals surface area (Å²) in [6.07, 6.45) is 0. The molecule has 2 aromatic carbocycles. The zero-order valence-electron chi connectivity index (χ0n) is 11.9. The predicted octanol–water partition coefficient (Wildman–Crippen LogP) is 2.80. The van der Waals surface area contributed by atoms with Crippen molar-refractivity contribution in [2.24, 2.45) is 0 Å². The molecule has 0 spiro atoms. The van der Waals surface area contributed by atoms with Crippen LogP contribution in [0.4, 0.5) is 5.69 Å². The Morgan fingerprint density at radius 1 is 1.19 bits per heavy atom. The van der Waals surface area contributed by atoms with E-state index in [2.05, 4.69) is 10.1 Å². The van der Waals surface area contributed by atoms with Crippen LogP contribution in [0.15, 0.2) is 42.5 Å². The Hall–Kier alpha value is -2.69. The summed E-state index contributed by atoms with van der Waals surface area (Å²) in [7, 11) is 2.85. The number of carbonyl (C=O) groups is 1. The van der Waals surface area contributed by atoms with Gasteiger partial charge < -0.3 is 19.9 Å². The minimum absolute atomic E-state index is 0.108. The van der Waals surface area contributed by atoms with Gasteiger partial charge in [0.15, 0.2) is 11.5 Å². The zero-order chi connectivity index (χ0) is 15.2. The van der Waals surface area contributed by atoms with Gasteiger partial charge in [-0.3, -0.25) is 0 Å². The maximum absolute atomic E-state index is 11.5. The molecule has 0 atom stereocenters. The van der Waals surface area contributed by atoms with Gasteiger partial charge in [-0.15, -0.1) is 0 Å². The number of hydrogen-bond acceptors (Lipinski definition) is 5. The molecule has 0 amide bonds. The summed E-state index contributed by atoms with van der Waals surface area (Å²) in [5.74, 6) is 0.150. The quantitative estimate of drug-likeness (QED) is 0.828. The molecule has 0 unspecified atom stereocenters. The number of carbonyl (C=O) groups excluding carboxylic acids is 1. The molecule has 0 saturated heterocycles. The number of rotatable bonds is 5. The van der Waals surface area contributed by atoms with Crippen molar-refractivity contribution in [3.63, 3.8) is 0 Å². The lowest BCUT2D eigenvalue weighted by Crippen LogP contribution is -2.04. The van der Waals surface area contributed by atoms with Crippen molar-refractivity contribution in [3.8, 4) is 11.5 Å². The highest BCUT2D eigenvalue weighted by molar-refractivity contribution is 5.90. The van der Waals surface area contributed by atoms with Gasteiger partial charge in [-0.2, -0.15) is 0 Å². The van der Waals surface area contributed by atoms with Gasteiger partial charge in [0, 0.05) is 17.8 Å². The number of anilines is 1. The van der Waals surface area contributed by atoms with E-state index >= 15 is 0 Å². The summed E-state index contributed by atoms with van der Waals surface area (Å²) in [5.41, 5.74) is 1.94. The van der Waals surface area contributed by atoms with Gasteiger partial charge in [0.1, 0.15) is 0 Å². The Bertz CT molecular complexity index is 640. The lowest BCUT2D eigenvalue weighted by molar-refractivity contribution is 0.0601. The topological polar surface area (TPSA) is 67.8 Å². The van der Waals surface area contributed by atoms with Crippen LogP contribution in [-0.2, 0) is 11.3 Å². The monoisotopic (exact) mass is 287 g/mol. The Morgan fingerprint density at radius 3 is 2.67 bits per heavy atom. The van der Waals surface area contributed by atoms with E-state index in [4.69, 9.17) is 4.74 Å². The molecule has 2 aromatic rings. The van der Waals surface area contributed by atoms with Gasteiger partial charge in [0.25, 0.3) is 0 Å². The van der Waals surface area contributed by atoms with Crippen LogP contribution in [0, 0.1) is 0 Å². The second-order valence-corrected chi connectivity index (χ2v) is 4.39. The SMILES string of the molecule is COC(=O)c1cccc(NCc2cccc(OC)c2O)c1. The van der Waals surface area contributed by atoms with Crippen LogP contribution >= 0.6 is 0 Å². The zero-order valence-corrected chi connectivity index (χ0v) is 11.9. The molecule has 0 aliphatic heterocycles. The van der Waals surface area contributed by atoms with Crippen molar-refractivity contribution in [2.45, 2.75) is 6.54 Å². The number of methoxy groups -OCH3 is 2. The third-order valence-corrected chi connectivity index (χ3v) is 3.07. The number of para-hydroxylation sites is 1. The van der Waals surface area contributed by atoms with Crippen LogP contribution < -0.4 is 10.1 Å². The first kappa shape index (κ1) is 14.7. The molecular weight excluding hydrogens is 270 g/mol. The van der Waals surface area contributed by atoms with Crippen LogP contribution in [0.25, 0.3) is 0 Å². The molecule has 0 radical (unpaired) electrons. The molecule has 5 heteroatoms. The van der Waals surface area contributed by atoms with Crippen LogP contribution in [0.2, 0.25) is 0 Å². The second kappa shape index (κ2) is 6.65. The Labute approximate surface area is 123 Å². The molecule has 0 bridgehead atoms. The molecule has 110 valence electrons. The fourth-order valence-corrected chi connectivity index (χ4v) is 1.95. The van der Waals surface area contributed by atoms with E-state index in [9.17, 15) is 9.90 Å². The number of benzene rings is 2. The molecule has 2 N–H and O–H groups in total. The van der Waals surface area contributed by atoms with Crippen molar-refractivity contribution in [3.05, 3.63) is 53.6 Å². The van der Waals surface area contributed by atoms with E-state index in [0.717, 1.165) is 5.69 Å². The van der Waals surface area contributed by atoms with Gasteiger partial charge in [0.05, 0.1) is 19.8 Å². The Balaban J connectivity index is 2.12. The second-order valence-electron chi connectivity index (χ2n) is 4.39. The molecular formula is C16H17NO4. The first-order valence-electron chi connectivity index (χ1n) is 6.42. The maximum Gasteiger partial charge on any atom is 0.337 e. The van der Waals surface area contributed by atoms with E-state index in [0.29, 0.717) is 23.4 Å². The first-order chi connectivity index (χ1) is 10.2. The van der Waals surface area contributed by atoms with E-state index in [-0.39, 0.29) is 11.7 Å². The molecule has 0 saturated carbocycles. The van der Waals surface area contributed by atoms with Gasteiger partial charge >= 0.3 is 5.97 Å². The predicted molar refractivity (Wildman–Crippen MR) is 79.8 cm³/mol. The normalized spacial score (nSPS) is 10.0. The van der Waals surface area contributed by atoms with E-state index in [1.165, 1.54) is 14.2 Å². The lowest BCUT2D eigenvalue weighted by atomic mass is 10.1. The summed E-state index contributed by atoms with van der Waals surface area (Å²) in [4.78, 5) is 11.5. The highest BCUT2D eigenvalue weighted by Gasteiger charge is 2.08. The van der Waals surface area contributed by atoms with Crippen molar-refractivity contribution in [1.29, 1.82) is 0 Å². The van der Waals surface area contributed by atoms with Crippen LogP contribution in [0.1, 0.15) is 15.9 Å². The summed E-state index contributed by atoms with van der Waals surface area (Å²) < 4.78 is 9.74. The van der Waals surface area contributed by atoms with Crippen molar-refractivity contribution in [2.75, 3.05) is 19.5 Å². The number of phenols is 1. The molecule has 0 fully saturated rings. The summed E-state index contributed by atoms with van der Waals surface area (Å²) >= 11 is 0. The Morgan fingerprint density at radius 2 is 1.95 bits per heavy atom. The smallest absolute Gasteiger partial charge is 0.337 e. The number of hydrogen-bond donors (Lipinski definition) is 2. The van der Waals surface area contributed by atoms with E-state index < -0.39 is 0 Å². The first-order valence-corrected chi connectivity index (χ1v) is 6.42. The molecule has 5 nitrogen and oxygen atoms in total. The van der Waals surface area contributed by atoms with Gasteiger partial charge in [-0.1, -0.05) is 18.2 Å². The number of nitrogens with one attached hydrogen (secondary N) is 1. The number of aromatic hydroxyl groups is 1. The lowest BCUT2D eigenvalue weighted by Gasteiger charge is -2.11. The maximum atomic E-state index is 11.5. The third kappa shape index (κ3) is 3.45. The number of ether oxygens (including phenoxy) is 2. The van der Waals surface area contributed by atoms with Gasteiger partial charge in [-0.25, -0.2) is 4.79 Å². The average molecular weight is 287 g/mol. The summed E-state index contributed by atoms with van der Waals surface area (Å²) in [6.45, 7) is 0.410. The van der Waals surface area contributed by atoms with Crippen LogP contribution in [-0.4, -0.2) is 25.3 Å². The fraction of sp³-hybridized carbons (Fsp3) is 0.188. The summed E-state index contributed by atoms with van der Waals surface area (Å²) in [6, 6.07) is 12.3. The van der Waals surface area contributed by atoms with Crippen molar-refractivity contribution >= 4 is 11.7 Å². The third-order valence-electron chi connectivity index (χ3n) is 3.07. The number of esters is 1. The Kier molecular flexibility index (Phi) is 4.66. The highest BCUT2D eigenvalue weighted by Crippen LogP contribution is 2.29. The minimum Gasteiger partial charge on any atom is -0.504 e. The van der Waals surface area contributed by atoms with Crippen LogP contribution in [0.5, 0.6) is 11.5 Å². The molecule has 2 rings (SSSR count). The van der Waals surface area contributed by atoms with Crippen molar-refractivity contribution in [1.82, 2.24) is 0 Å². The number of phenolic OH excluding ortho intramolecular Hbond substituents is 1. The van der Waals surface area contributed by atoms with E-state index in [1.807, 2.05) is 6.07 Å². The summed E-state index contributed by atoms with van der Waals surface area (Å²) in [5, 5.41) is 13.2. The largest absolute Gasteiger partial charge is 0.504 e. The molecule has 0 aliphatic rings. The molecule has 0 aromatic heterocycles. The fourth-order valence-electron chi connectivity index (χ4n) is 1.95.